The van der Waals surface area contributed by atoms with Crippen molar-refractivity contribution in [1.29, 1.82) is 0 Å². The average molecular weight is 723 g/mol. The van der Waals surface area contributed by atoms with Gasteiger partial charge in [-0.15, -0.1) is 6.58 Å². The van der Waals surface area contributed by atoms with Gasteiger partial charge in [-0.1, -0.05) is 155 Å². The molecule has 1 aliphatic heterocycles. The third-order valence-electron chi connectivity index (χ3n) is 7.85. The molecule has 5 atom stereocenters. The molecule has 0 bridgehead atoms. The lowest BCUT2D eigenvalue weighted by Gasteiger charge is -2.43. The van der Waals surface area contributed by atoms with Crippen molar-refractivity contribution < 1.29 is 38.4 Å². The Balaban J connectivity index is 1.93. The van der Waals surface area contributed by atoms with Crippen molar-refractivity contribution in [3.63, 3.8) is 0 Å². The molecule has 1 saturated heterocycles. The van der Waals surface area contributed by atoms with Crippen LogP contribution >= 0.6 is 34.8 Å². The number of carbonyl (C=O) groups is 2. The number of amides is 1. The summed E-state index contributed by atoms with van der Waals surface area (Å²) in [7, 11) is 0. The van der Waals surface area contributed by atoms with E-state index >= 15 is 0 Å². The predicted molar refractivity (Wildman–Crippen MR) is 186 cm³/mol. The number of hydrogen-bond acceptors (Lipinski definition) is 8. The predicted octanol–water partition coefficient (Wildman–Crippen LogP) is 8.35. The van der Waals surface area contributed by atoms with Gasteiger partial charge in [0.25, 0.3) is 0 Å². The Hall–Kier alpha value is -1.59. The van der Waals surface area contributed by atoms with Gasteiger partial charge in [-0.2, -0.15) is 0 Å². The van der Waals surface area contributed by atoms with Gasteiger partial charge in [-0.25, -0.2) is 4.79 Å². The second-order valence-electron chi connectivity index (χ2n) is 12.0. The van der Waals surface area contributed by atoms with E-state index in [1.165, 1.54) is 63.9 Å². The Kier molecular flexibility index (Phi) is 21.7. The fourth-order valence-corrected chi connectivity index (χ4v) is 5.51. The first kappa shape index (κ1) is 41.6. The molecule has 1 heterocycles. The molecule has 0 aromatic heterocycles. The lowest BCUT2D eigenvalue weighted by atomic mass is 9.96. The van der Waals surface area contributed by atoms with E-state index in [0.717, 1.165) is 24.8 Å². The van der Waals surface area contributed by atoms with Gasteiger partial charge in [-0.3, -0.25) is 4.79 Å². The Morgan fingerprint density at radius 2 is 1.55 bits per heavy atom. The molecule has 1 aliphatic rings. The van der Waals surface area contributed by atoms with E-state index in [1.54, 1.807) is 0 Å². The minimum Gasteiger partial charge on any atom is -0.457 e. The van der Waals surface area contributed by atoms with Crippen LogP contribution in [0.3, 0.4) is 0 Å². The van der Waals surface area contributed by atoms with Crippen molar-refractivity contribution in [3.8, 4) is 0 Å². The molecule has 1 aromatic carbocycles. The number of benzene rings is 1. The highest BCUT2D eigenvalue weighted by molar-refractivity contribution is 6.67. The second kappa shape index (κ2) is 24.5. The first-order chi connectivity index (χ1) is 22.6. The Labute approximate surface area is 295 Å². The molecule has 2 unspecified atom stereocenters. The fourth-order valence-electron chi connectivity index (χ4n) is 5.34. The quantitative estimate of drug-likeness (QED) is 0.0474. The molecule has 1 fully saturated rings. The molecular weight excluding hydrogens is 669 g/mol. The normalized spacial score (nSPS) is 21.3. The number of esters is 1. The highest BCUT2D eigenvalue weighted by Crippen LogP contribution is 2.28. The monoisotopic (exact) mass is 721 g/mol. The molecule has 9 nitrogen and oxygen atoms in total. The van der Waals surface area contributed by atoms with Crippen LogP contribution in [0.4, 0.5) is 4.79 Å². The highest BCUT2D eigenvalue weighted by atomic mass is 35.6. The molecule has 1 aromatic rings. The topological polar surface area (TPSA) is 113 Å². The van der Waals surface area contributed by atoms with E-state index < -0.39 is 53.1 Å². The van der Waals surface area contributed by atoms with Gasteiger partial charge in [0.1, 0.15) is 24.9 Å². The van der Waals surface area contributed by atoms with Crippen molar-refractivity contribution in [2.75, 3.05) is 19.8 Å². The molecule has 0 saturated carbocycles. The standard InChI is InChI=1S/C35H54Cl3NO8/c1-3-5-6-7-8-9-10-11-12-13-14-15-19-22-29(40)47-32-30(39-34(42)45-26-35(36,37)38)33(44-23-4-2)46-28(31(32)41)25-43-24-27-20-17-16-18-21-27/h4,16-18,20-21,28,30-33,41H,2-3,5-15,19,22-26H2,1H3,(H,39,42)/t28?,30?,31-,32-,33+/m1/s1. The Morgan fingerprint density at radius 1 is 0.957 bits per heavy atom. The maximum atomic E-state index is 13.0. The zero-order chi connectivity index (χ0) is 34.3. The molecule has 12 heteroatoms. The Bertz CT molecular complexity index is 997. The lowest BCUT2D eigenvalue weighted by Crippen LogP contribution is -2.66. The van der Waals surface area contributed by atoms with Crippen molar-refractivity contribution in [2.24, 2.45) is 0 Å². The first-order valence-electron chi connectivity index (χ1n) is 17.0. The summed E-state index contributed by atoms with van der Waals surface area (Å²) in [4.78, 5) is 25.7. The zero-order valence-electron chi connectivity index (χ0n) is 27.7. The summed E-state index contributed by atoms with van der Waals surface area (Å²) in [5.74, 6) is -0.507. The number of nitrogens with one attached hydrogen (secondary N) is 1. The maximum Gasteiger partial charge on any atom is 0.407 e. The molecule has 2 N–H and O–H groups in total. The Morgan fingerprint density at radius 3 is 2.13 bits per heavy atom. The number of aliphatic hydroxyl groups is 1. The van der Waals surface area contributed by atoms with E-state index in [1.807, 2.05) is 30.3 Å². The minimum atomic E-state index is -1.83. The first-order valence-corrected chi connectivity index (χ1v) is 18.1. The molecule has 0 aliphatic carbocycles. The van der Waals surface area contributed by atoms with E-state index in [4.69, 9.17) is 58.5 Å². The third kappa shape index (κ3) is 18.7. The maximum absolute atomic E-state index is 13.0. The fraction of sp³-hybridized carbons (Fsp3) is 0.714. The largest absolute Gasteiger partial charge is 0.457 e. The van der Waals surface area contributed by atoms with Crippen LogP contribution in [-0.2, 0) is 35.1 Å². The number of ether oxygens (including phenoxy) is 5. The van der Waals surface area contributed by atoms with Gasteiger partial charge < -0.3 is 34.1 Å². The summed E-state index contributed by atoms with van der Waals surface area (Å²) in [6.07, 6.45) is 11.5. The summed E-state index contributed by atoms with van der Waals surface area (Å²) in [5.41, 5.74) is 0.939. The van der Waals surface area contributed by atoms with Gasteiger partial charge >= 0.3 is 12.1 Å². The van der Waals surface area contributed by atoms with Gasteiger partial charge in [0.15, 0.2) is 12.4 Å². The SMILES string of the molecule is C=CCO[C@H]1OC(COCc2ccccc2)[C@@H](O)[C@H](OC(=O)CCCCCCCCCCCCCCC)C1NC(=O)OCC(Cl)(Cl)Cl. The van der Waals surface area contributed by atoms with Crippen LogP contribution in [-0.4, -0.2) is 71.4 Å². The number of unbranched alkanes of at least 4 members (excludes halogenated alkanes) is 12. The molecule has 1 amide bonds. The van der Waals surface area contributed by atoms with Crippen LogP contribution in [0, 0.1) is 0 Å². The zero-order valence-corrected chi connectivity index (χ0v) is 30.0. The summed E-state index contributed by atoms with van der Waals surface area (Å²) in [6, 6.07) is 8.38. The average Bonchev–Trinajstić information content (AvgIpc) is 3.04. The minimum absolute atomic E-state index is 0.0264. The number of hydrogen-bond donors (Lipinski definition) is 2. The van der Waals surface area contributed by atoms with E-state index in [9.17, 15) is 14.7 Å². The van der Waals surface area contributed by atoms with E-state index in [-0.39, 0.29) is 26.2 Å². The molecule has 0 spiro atoms. The van der Waals surface area contributed by atoms with E-state index in [2.05, 4.69) is 18.8 Å². The number of aliphatic hydroxyl groups excluding tert-OH is 1. The van der Waals surface area contributed by atoms with Crippen LogP contribution < -0.4 is 5.32 Å². The van der Waals surface area contributed by atoms with Gasteiger partial charge in [-0.05, 0) is 12.0 Å². The highest BCUT2D eigenvalue weighted by Gasteiger charge is 2.49. The molecule has 268 valence electrons. The van der Waals surface area contributed by atoms with Crippen LogP contribution in [0.2, 0.25) is 0 Å². The van der Waals surface area contributed by atoms with Crippen LogP contribution in [0.5, 0.6) is 0 Å². The number of alkyl carbamates (subject to hydrolysis) is 1. The lowest BCUT2D eigenvalue weighted by molar-refractivity contribution is -0.273. The van der Waals surface area contributed by atoms with Crippen molar-refractivity contribution >= 4 is 46.9 Å². The molecule has 2 rings (SSSR count). The van der Waals surface area contributed by atoms with Crippen LogP contribution in [0.25, 0.3) is 0 Å². The third-order valence-corrected chi connectivity index (χ3v) is 8.18. The number of alkyl halides is 3. The smallest absolute Gasteiger partial charge is 0.407 e. The van der Waals surface area contributed by atoms with E-state index in [0.29, 0.717) is 6.42 Å². The molecule has 0 radical (unpaired) electrons. The van der Waals surface area contributed by atoms with Crippen molar-refractivity contribution in [3.05, 3.63) is 48.6 Å². The summed E-state index contributed by atoms with van der Waals surface area (Å²) in [6.45, 7) is 5.68. The van der Waals surface area contributed by atoms with Crippen LogP contribution in [0.15, 0.2) is 43.0 Å². The van der Waals surface area contributed by atoms with Gasteiger partial charge in [0.05, 0.1) is 19.8 Å². The summed E-state index contributed by atoms with van der Waals surface area (Å²) < 4.78 is 26.6. The summed E-state index contributed by atoms with van der Waals surface area (Å²) in [5, 5.41) is 13.9. The number of halogens is 3. The van der Waals surface area contributed by atoms with Gasteiger partial charge in [0.2, 0.25) is 3.79 Å². The van der Waals surface area contributed by atoms with Crippen molar-refractivity contribution in [2.45, 2.75) is 138 Å². The number of rotatable bonds is 24. The molecular formula is C35H54Cl3NO8. The summed E-state index contributed by atoms with van der Waals surface area (Å²) >= 11 is 17.2. The van der Waals surface area contributed by atoms with Crippen LogP contribution in [0.1, 0.15) is 102 Å². The van der Waals surface area contributed by atoms with Gasteiger partial charge in [0, 0.05) is 6.42 Å². The molecule has 47 heavy (non-hydrogen) atoms. The van der Waals surface area contributed by atoms with Crippen molar-refractivity contribution in [1.82, 2.24) is 5.32 Å². The number of carbonyl (C=O) groups excluding carboxylic acids is 2. The second-order valence-corrected chi connectivity index (χ2v) is 14.5.